The lowest BCUT2D eigenvalue weighted by Crippen LogP contribution is -2.59. The van der Waals surface area contributed by atoms with Crippen LogP contribution in [0.2, 0.25) is 0 Å². The maximum Gasteiger partial charge on any atom is 0.258 e. The predicted octanol–water partition coefficient (Wildman–Crippen LogP) is 3.46. The van der Waals surface area contributed by atoms with Crippen LogP contribution in [0.4, 0.5) is 4.39 Å². The number of benzene rings is 1. The smallest absolute Gasteiger partial charge is 0.258 e. The number of aryl methyl sites for hydroxylation is 1. The molecule has 1 aromatic heterocycles. The van der Waals surface area contributed by atoms with Crippen molar-refractivity contribution in [1.29, 1.82) is 0 Å². The summed E-state index contributed by atoms with van der Waals surface area (Å²) in [4.78, 5) is 45.8. The fourth-order valence-electron chi connectivity index (χ4n) is 4.51. The fraction of sp³-hybridized carbons (Fsp3) is 0.538. The van der Waals surface area contributed by atoms with Gasteiger partial charge < -0.3 is 23.7 Å². The van der Waals surface area contributed by atoms with E-state index in [2.05, 4.69) is 15.6 Å². The lowest BCUT2D eigenvalue weighted by molar-refractivity contribution is -0.145. The number of likely N-dealkylation sites (tertiary alicyclic amines) is 1. The van der Waals surface area contributed by atoms with Crippen molar-refractivity contribution in [2.45, 2.75) is 77.4 Å². The van der Waals surface area contributed by atoms with Gasteiger partial charge in [0.15, 0.2) is 28.7 Å². The summed E-state index contributed by atoms with van der Waals surface area (Å²) in [6.45, 7) is 7.32. The second-order valence-electron chi connectivity index (χ2n) is 11.0. The van der Waals surface area contributed by atoms with Gasteiger partial charge >= 0.3 is 0 Å². The van der Waals surface area contributed by atoms with Crippen molar-refractivity contribution in [3.05, 3.63) is 35.0 Å². The molecule has 0 bridgehead atoms. The third-order valence-electron chi connectivity index (χ3n) is 6.96. The number of hydrogen-bond donors (Lipinski definition) is 3. The Morgan fingerprint density at radius 2 is 2.05 bits per heavy atom. The zero-order chi connectivity index (χ0) is 27.8. The summed E-state index contributed by atoms with van der Waals surface area (Å²) in [7, 11) is 0. The first-order valence-corrected chi connectivity index (χ1v) is 14.2. The van der Waals surface area contributed by atoms with Crippen molar-refractivity contribution >= 4 is 52.1 Å². The van der Waals surface area contributed by atoms with Gasteiger partial charge in [0.2, 0.25) is 11.8 Å². The van der Waals surface area contributed by atoms with Crippen molar-refractivity contribution in [3.8, 4) is 16.2 Å². The fourth-order valence-corrected chi connectivity index (χ4v) is 5.72. The van der Waals surface area contributed by atoms with Gasteiger partial charge in [-0.2, -0.15) is 0 Å². The highest BCUT2D eigenvalue weighted by Gasteiger charge is 2.53. The zero-order valence-corrected chi connectivity index (χ0v) is 24.7. The molecule has 0 spiro atoms. The standard InChI is InChI=1S/C26H32FIN4O5S/c1-14-20(38-13-30-14)15-5-6-16(19(9-15)37-28)11-29-22(34)18-10-17(33)12-32(18)23(35)21(25(2,3)4)31-24(36)26(27)7-8-26/h5-6,9,13,17-18,21,33H,7-8,10-12H2,1-4H3,(H,29,34)(H,31,36)/t17-,18+,21-/m1/s1. The van der Waals surface area contributed by atoms with Gasteiger partial charge in [0.25, 0.3) is 5.91 Å². The SMILES string of the molecule is Cc1ncsc1-c1ccc(CNC(=O)[C@@H]2C[C@@H](O)CN2C(=O)[C@@H](NC(=O)C2(F)CC2)C(C)(C)C)c(OI)c1. The van der Waals surface area contributed by atoms with E-state index in [1.807, 2.05) is 25.1 Å². The Kier molecular flexibility index (Phi) is 8.34. The van der Waals surface area contributed by atoms with E-state index >= 15 is 0 Å². The molecular weight excluding hydrogens is 626 g/mol. The molecule has 4 rings (SSSR count). The predicted molar refractivity (Wildman–Crippen MR) is 149 cm³/mol. The molecular formula is C26H32FIN4O5S. The monoisotopic (exact) mass is 658 g/mol. The first kappa shape index (κ1) is 28.7. The highest BCUT2D eigenvalue weighted by atomic mass is 127. The molecule has 2 heterocycles. The normalized spacial score (nSPS) is 21.1. The lowest BCUT2D eigenvalue weighted by atomic mass is 9.85. The number of aliphatic hydroxyl groups is 1. The second kappa shape index (κ2) is 11.0. The van der Waals surface area contributed by atoms with E-state index in [0.29, 0.717) is 5.75 Å². The van der Waals surface area contributed by atoms with Crippen LogP contribution in [0.15, 0.2) is 23.7 Å². The minimum absolute atomic E-state index is 0.0504. The summed E-state index contributed by atoms with van der Waals surface area (Å²) in [6.07, 6.45) is -0.567. The van der Waals surface area contributed by atoms with Crippen LogP contribution in [0, 0.1) is 12.3 Å². The molecule has 1 saturated heterocycles. The van der Waals surface area contributed by atoms with Gasteiger partial charge in [-0.3, -0.25) is 14.4 Å². The quantitative estimate of drug-likeness (QED) is 0.374. The summed E-state index contributed by atoms with van der Waals surface area (Å²) in [5.74, 6) is -1.17. The number of carbonyl (C=O) groups is 3. The van der Waals surface area contributed by atoms with Crippen LogP contribution < -0.4 is 13.7 Å². The summed E-state index contributed by atoms with van der Waals surface area (Å²) < 4.78 is 19.9. The number of alkyl halides is 1. The maximum absolute atomic E-state index is 14.3. The molecule has 0 radical (unpaired) electrons. The van der Waals surface area contributed by atoms with Crippen LogP contribution in [-0.4, -0.2) is 63.1 Å². The number of thiazole rings is 1. The molecule has 2 aliphatic rings. The summed E-state index contributed by atoms with van der Waals surface area (Å²) in [5, 5.41) is 15.8. The van der Waals surface area contributed by atoms with Crippen LogP contribution in [0.5, 0.6) is 5.75 Å². The number of halogens is 2. The maximum atomic E-state index is 14.3. The molecule has 38 heavy (non-hydrogen) atoms. The first-order chi connectivity index (χ1) is 17.8. The van der Waals surface area contributed by atoms with E-state index in [0.717, 1.165) is 21.7 Å². The number of carbonyl (C=O) groups excluding carboxylic acids is 3. The third kappa shape index (κ3) is 6.12. The summed E-state index contributed by atoms with van der Waals surface area (Å²) in [5.41, 5.74) is 1.73. The molecule has 3 atom stereocenters. The van der Waals surface area contributed by atoms with Crippen LogP contribution in [-0.2, 0) is 20.9 Å². The number of aromatic nitrogens is 1. The molecule has 1 saturated carbocycles. The molecule has 1 aliphatic heterocycles. The molecule has 2 fully saturated rings. The van der Waals surface area contributed by atoms with Gasteiger partial charge in [-0.25, -0.2) is 9.37 Å². The first-order valence-electron chi connectivity index (χ1n) is 12.4. The Morgan fingerprint density at radius 3 is 2.63 bits per heavy atom. The lowest BCUT2D eigenvalue weighted by Gasteiger charge is -2.35. The molecule has 12 heteroatoms. The van der Waals surface area contributed by atoms with Gasteiger partial charge in [-0.05, 0) is 36.8 Å². The number of aliphatic hydroxyl groups excluding tert-OH is 1. The van der Waals surface area contributed by atoms with Crippen molar-refractivity contribution < 1.29 is 26.9 Å². The molecule has 3 N–H and O–H groups in total. The highest BCUT2D eigenvalue weighted by Crippen LogP contribution is 2.40. The number of rotatable bonds is 8. The minimum atomic E-state index is -1.93. The average molecular weight is 659 g/mol. The van der Waals surface area contributed by atoms with Gasteiger partial charge in [0.1, 0.15) is 17.8 Å². The van der Waals surface area contributed by atoms with Crippen molar-refractivity contribution in [1.82, 2.24) is 20.5 Å². The number of nitrogens with zero attached hydrogens (tertiary/aromatic N) is 2. The number of hydrogen-bond acceptors (Lipinski definition) is 7. The van der Waals surface area contributed by atoms with E-state index in [9.17, 15) is 23.9 Å². The van der Waals surface area contributed by atoms with E-state index in [4.69, 9.17) is 3.07 Å². The molecule has 9 nitrogen and oxygen atoms in total. The van der Waals surface area contributed by atoms with Crippen LogP contribution >= 0.6 is 34.3 Å². The van der Waals surface area contributed by atoms with Crippen LogP contribution in [0.3, 0.4) is 0 Å². The van der Waals surface area contributed by atoms with E-state index < -0.39 is 47.0 Å². The van der Waals surface area contributed by atoms with Gasteiger partial charge in [0.05, 0.1) is 22.2 Å². The second-order valence-corrected chi connectivity index (χ2v) is 12.3. The van der Waals surface area contributed by atoms with Crippen LogP contribution in [0.25, 0.3) is 10.4 Å². The molecule has 3 amide bonds. The zero-order valence-electron chi connectivity index (χ0n) is 21.7. The average Bonchev–Trinajstić information content (AvgIpc) is 3.28. The largest absolute Gasteiger partial charge is 0.427 e. The summed E-state index contributed by atoms with van der Waals surface area (Å²) in [6, 6.07) is 3.71. The minimum Gasteiger partial charge on any atom is -0.427 e. The molecule has 1 aliphatic carbocycles. The van der Waals surface area contributed by atoms with E-state index in [1.54, 1.807) is 49.3 Å². The third-order valence-corrected chi connectivity index (χ3v) is 8.41. The van der Waals surface area contributed by atoms with Gasteiger partial charge in [-0.15, -0.1) is 11.3 Å². The molecule has 1 aromatic carbocycles. The Balaban J connectivity index is 1.47. The Morgan fingerprint density at radius 1 is 1.34 bits per heavy atom. The number of β-amino-alcohol motifs (C(OH)–C–C–N with tert-alkyl or cyclic N) is 1. The highest BCUT2D eigenvalue weighted by molar-refractivity contribution is 14.1. The van der Waals surface area contributed by atoms with E-state index in [1.165, 1.54) is 16.2 Å². The molecule has 206 valence electrons. The van der Waals surface area contributed by atoms with Gasteiger partial charge in [-0.1, -0.05) is 32.9 Å². The van der Waals surface area contributed by atoms with Crippen molar-refractivity contribution in [3.63, 3.8) is 0 Å². The number of amides is 3. The topological polar surface area (TPSA) is 121 Å². The summed E-state index contributed by atoms with van der Waals surface area (Å²) >= 11 is 3.32. The number of nitrogens with one attached hydrogen (secondary N) is 2. The van der Waals surface area contributed by atoms with Gasteiger partial charge in [0, 0.05) is 25.1 Å². The Bertz CT molecular complexity index is 1230. The van der Waals surface area contributed by atoms with Crippen LogP contribution in [0.1, 0.15) is 51.3 Å². The Hall–Kier alpha value is -2.32. The van der Waals surface area contributed by atoms with Crippen molar-refractivity contribution in [2.75, 3.05) is 6.54 Å². The molecule has 2 aromatic rings. The van der Waals surface area contributed by atoms with E-state index in [-0.39, 0.29) is 32.4 Å². The molecule has 0 unspecified atom stereocenters. The Labute approximate surface area is 239 Å². The van der Waals surface area contributed by atoms with Crippen molar-refractivity contribution in [2.24, 2.45) is 5.41 Å².